The molecule has 1 aromatic rings. The van der Waals surface area contributed by atoms with Crippen LogP contribution in [0.15, 0.2) is 21.7 Å². The fourth-order valence-electron chi connectivity index (χ4n) is 1.80. The van der Waals surface area contributed by atoms with Gasteiger partial charge in [0.1, 0.15) is 0 Å². The average molecular weight is 328 g/mol. The van der Waals surface area contributed by atoms with Gasteiger partial charge in [-0.25, -0.2) is 0 Å². The third kappa shape index (κ3) is 4.43. The number of hydrogen-bond donors (Lipinski definition) is 0. The molecule has 0 saturated carbocycles. The quantitative estimate of drug-likeness (QED) is 0.599. The maximum absolute atomic E-state index is 5.05. The molecule has 0 aliphatic heterocycles. The first kappa shape index (κ1) is 15.8. The number of benzene rings is 1. The van der Waals surface area contributed by atoms with Gasteiger partial charge in [-0.15, -0.1) is 0 Å². The summed E-state index contributed by atoms with van der Waals surface area (Å²) in [7, 11) is 0. The van der Waals surface area contributed by atoms with Crippen molar-refractivity contribution in [3.05, 3.63) is 29.3 Å². The van der Waals surface area contributed by atoms with E-state index in [9.17, 15) is 0 Å². The molecular formula is C16H26MoN+3. The first-order valence-corrected chi connectivity index (χ1v) is 8.64. The average Bonchev–Trinajstić information content (AvgIpc) is 2.24. The standard InChI is InChI=1S/C12H17N.C4H9.Mo/c1-8(2)10-6-5-7-11(9(3)4)12(10)13;1-4(2)3;/h5-9H,1-4H3;1-3H3;/q;;+3. The predicted molar refractivity (Wildman–Crippen MR) is 76.4 cm³/mol. The molecule has 18 heavy (non-hydrogen) atoms. The molecule has 0 unspecified atom stereocenters. The van der Waals surface area contributed by atoms with Gasteiger partial charge < -0.3 is 0 Å². The third-order valence-electron chi connectivity index (χ3n) is 2.75. The van der Waals surface area contributed by atoms with E-state index in [4.69, 9.17) is 3.50 Å². The van der Waals surface area contributed by atoms with Gasteiger partial charge in [0.2, 0.25) is 0 Å². The number of nitrogens with zero attached hydrogens (tertiary/aromatic N) is 1. The molecule has 0 aromatic heterocycles. The van der Waals surface area contributed by atoms with Crippen LogP contribution in [0.5, 0.6) is 0 Å². The second kappa shape index (κ2) is 6.24. The summed E-state index contributed by atoms with van der Waals surface area (Å²) in [6, 6.07) is 6.66. The number of hydrogen-bond acceptors (Lipinski definition) is 1. The molecule has 0 radical (unpaired) electrons. The van der Waals surface area contributed by atoms with E-state index in [2.05, 4.69) is 66.7 Å². The molecular weight excluding hydrogens is 302 g/mol. The molecule has 1 nitrogen and oxygen atoms in total. The summed E-state index contributed by atoms with van der Waals surface area (Å²) >= 11 is -0.346. The summed E-state index contributed by atoms with van der Waals surface area (Å²) in [6.07, 6.45) is 0. The minimum absolute atomic E-state index is 0.346. The number of rotatable bonds is 3. The molecule has 0 bridgehead atoms. The summed E-state index contributed by atoms with van der Waals surface area (Å²) in [5.74, 6) is 1.10. The van der Waals surface area contributed by atoms with Gasteiger partial charge in [-0.05, 0) is 0 Å². The SMILES string of the molecule is CC(C)c1cccc(C(C)C)c1[N]=[Mo+3][C](C)(C)C. The monoisotopic (exact) mass is 330 g/mol. The van der Waals surface area contributed by atoms with Crippen LogP contribution in [0.1, 0.15) is 71.4 Å². The van der Waals surface area contributed by atoms with Crippen molar-refractivity contribution in [1.82, 2.24) is 0 Å². The first-order chi connectivity index (χ1) is 8.22. The van der Waals surface area contributed by atoms with Crippen LogP contribution in [0.3, 0.4) is 0 Å². The Morgan fingerprint density at radius 2 is 1.39 bits per heavy atom. The predicted octanol–water partition coefficient (Wildman–Crippen LogP) is 6.05. The Labute approximate surface area is 121 Å². The third-order valence-corrected chi connectivity index (χ3v) is 4.77. The molecule has 0 heterocycles. The van der Waals surface area contributed by atoms with Crippen LogP contribution in [-0.2, 0) is 18.4 Å². The van der Waals surface area contributed by atoms with E-state index in [-0.39, 0.29) is 18.4 Å². The van der Waals surface area contributed by atoms with Crippen molar-refractivity contribution in [2.75, 3.05) is 0 Å². The summed E-state index contributed by atoms with van der Waals surface area (Å²) in [5, 5.41) is 0. The van der Waals surface area contributed by atoms with Crippen molar-refractivity contribution in [3.63, 3.8) is 0 Å². The summed E-state index contributed by atoms with van der Waals surface area (Å²) in [5.41, 5.74) is 4.12. The molecule has 0 aliphatic rings. The fourth-order valence-corrected chi connectivity index (χ4v) is 3.22. The molecule has 0 fully saturated rings. The van der Waals surface area contributed by atoms with Crippen molar-refractivity contribution in [1.29, 1.82) is 0 Å². The summed E-state index contributed by atoms with van der Waals surface area (Å²) in [4.78, 5) is 0. The van der Waals surface area contributed by atoms with E-state index in [1.54, 1.807) is 0 Å². The van der Waals surface area contributed by atoms with E-state index in [1.807, 2.05) is 0 Å². The molecule has 0 atom stereocenters. The van der Waals surface area contributed by atoms with Gasteiger partial charge in [-0.1, -0.05) is 0 Å². The van der Waals surface area contributed by atoms with Crippen LogP contribution in [0.25, 0.3) is 0 Å². The molecule has 0 aliphatic carbocycles. The molecule has 1 rings (SSSR count). The summed E-state index contributed by atoms with van der Waals surface area (Å²) < 4.78 is 5.43. The molecule has 2 heteroatoms. The van der Waals surface area contributed by atoms with Gasteiger partial charge in [-0.3, -0.25) is 0 Å². The Balaban J connectivity index is 3.32. The zero-order chi connectivity index (χ0) is 13.9. The molecule has 0 N–H and O–H groups in total. The van der Waals surface area contributed by atoms with Gasteiger partial charge >= 0.3 is 121 Å². The Morgan fingerprint density at radius 1 is 0.944 bits per heavy atom. The Bertz CT molecular complexity index is 399. The minimum atomic E-state index is -0.346. The molecule has 98 valence electrons. The molecule has 0 amide bonds. The Hall–Kier alpha value is -0.292. The zero-order valence-electron chi connectivity index (χ0n) is 12.7. The zero-order valence-corrected chi connectivity index (χ0v) is 14.7. The Morgan fingerprint density at radius 3 is 1.72 bits per heavy atom. The molecule has 0 saturated heterocycles. The van der Waals surface area contributed by atoms with E-state index >= 15 is 0 Å². The van der Waals surface area contributed by atoms with Crippen molar-refractivity contribution in [2.24, 2.45) is 3.50 Å². The van der Waals surface area contributed by atoms with Crippen LogP contribution in [-0.4, -0.2) is 0 Å². The van der Waals surface area contributed by atoms with Crippen molar-refractivity contribution < 1.29 is 18.4 Å². The van der Waals surface area contributed by atoms with Gasteiger partial charge in [0.05, 0.1) is 0 Å². The Kier molecular flexibility index (Phi) is 5.46. The van der Waals surface area contributed by atoms with E-state index in [0.29, 0.717) is 15.6 Å². The maximum atomic E-state index is 5.05. The van der Waals surface area contributed by atoms with Crippen molar-refractivity contribution >= 4 is 5.69 Å². The van der Waals surface area contributed by atoms with E-state index in [1.165, 1.54) is 16.8 Å². The summed E-state index contributed by atoms with van der Waals surface area (Å²) in [6.45, 7) is 15.9. The van der Waals surface area contributed by atoms with Gasteiger partial charge in [0.15, 0.2) is 0 Å². The van der Waals surface area contributed by atoms with Crippen LogP contribution < -0.4 is 0 Å². The van der Waals surface area contributed by atoms with Gasteiger partial charge in [0, 0.05) is 0 Å². The normalized spacial score (nSPS) is 12.5. The van der Waals surface area contributed by atoms with Crippen LogP contribution in [0.2, 0.25) is 3.80 Å². The van der Waals surface area contributed by atoms with Gasteiger partial charge in [0.25, 0.3) is 0 Å². The van der Waals surface area contributed by atoms with Crippen molar-refractivity contribution in [3.8, 4) is 0 Å². The molecule has 1 aromatic carbocycles. The van der Waals surface area contributed by atoms with E-state index < -0.39 is 0 Å². The van der Waals surface area contributed by atoms with Crippen LogP contribution in [0.4, 0.5) is 5.69 Å². The second-order valence-electron chi connectivity index (χ2n) is 6.39. The van der Waals surface area contributed by atoms with Crippen LogP contribution >= 0.6 is 0 Å². The molecule has 0 spiro atoms. The van der Waals surface area contributed by atoms with Crippen LogP contribution in [0, 0.1) is 0 Å². The second-order valence-corrected chi connectivity index (χ2v) is 10.3. The topological polar surface area (TPSA) is 12.4 Å². The first-order valence-electron chi connectivity index (χ1n) is 6.74. The van der Waals surface area contributed by atoms with Crippen molar-refractivity contribution in [2.45, 2.75) is 64.1 Å². The fraction of sp³-hybridized carbons (Fsp3) is 0.625. The van der Waals surface area contributed by atoms with Gasteiger partial charge in [-0.2, -0.15) is 0 Å². The van der Waals surface area contributed by atoms with E-state index in [0.717, 1.165) is 0 Å².